The van der Waals surface area contributed by atoms with E-state index in [-0.39, 0.29) is 24.3 Å². The van der Waals surface area contributed by atoms with Crippen LogP contribution in [0.25, 0.3) is 22.1 Å². The van der Waals surface area contributed by atoms with E-state index in [1.54, 1.807) is 17.7 Å². The third kappa shape index (κ3) is 3.72. The molecule has 0 atom stereocenters. The fourth-order valence-corrected chi connectivity index (χ4v) is 6.44. The molecule has 1 N–H and O–H groups in total. The van der Waals surface area contributed by atoms with Gasteiger partial charge < -0.3 is 9.84 Å². The van der Waals surface area contributed by atoms with Crippen LogP contribution in [0.15, 0.2) is 24.5 Å². The molecule has 11 heteroatoms. The molecular weight excluding hydrogens is 450 g/mol. The summed E-state index contributed by atoms with van der Waals surface area (Å²) in [5.74, 6) is 1.44. The second kappa shape index (κ2) is 8.22. The van der Waals surface area contributed by atoms with Crippen LogP contribution in [0.3, 0.4) is 0 Å². The van der Waals surface area contributed by atoms with Gasteiger partial charge in [-0.3, -0.25) is 0 Å². The molecule has 2 aliphatic rings. The molecule has 4 heterocycles. The molecule has 2 aromatic heterocycles. The van der Waals surface area contributed by atoms with E-state index in [0.717, 1.165) is 44.7 Å². The standard InChI is InChI=1S/C21H25N5O4S2/c1-13(2)26-20(22-12-23-26)21-24-19-16-4-3-14(9-17(16)30-7-5-18(19)31-21)15-10-25(11-15)32(28,29)8-6-27/h3-4,9,12-13,15,27H,5-8,10-11H2,1-2H3. The molecule has 0 unspecified atom stereocenters. The smallest absolute Gasteiger partial charge is 0.216 e. The molecule has 1 saturated heterocycles. The number of ether oxygens (including phenoxy) is 1. The van der Waals surface area contributed by atoms with Crippen molar-refractivity contribution in [2.45, 2.75) is 32.2 Å². The van der Waals surface area contributed by atoms with Crippen LogP contribution in [0.2, 0.25) is 0 Å². The lowest BCUT2D eigenvalue weighted by Gasteiger charge is -2.38. The highest BCUT2D eigenvalue weighted by Gasteiger charge is 2.36. The largest absolute Gasteiger partial charge is 0.492 e. The van der Waals surface area contributed by atoms with Gasteiger partial charge in [0.25, 0.3) is 0 Å². The quantitative estimate of drug-likeness (QED) is 0.582. The van der Waals surface area contributed by atoms with E-state index in [2.05, 4.69) is 23.9 Å². The van der Waals surface area contributed by atoms with Gasteiger partial charge in [0.2, 0.25) is 10.0 Å². The number of aromatic nitrogens is 4. The Morgan fingerprint density at radius 3 is 2.88 bits per heavy atom. The Bertz CT molecular complexity index is 1240. The predicted octanol–water partition coefficient (Wildman–Crippen LogP) is 2.31. The summed E-state index contributed by atoms with van der Waals surface area (Å²) in [5, 5.41) is 14.1. The van der Waals surface area contributed by atoms with Crippen LogP contribution in [-0.2, 0) is 16.4 Å². The first-order valence-corrected chi connectivity index (χ1v) is 13.1. The Morgan fingerprint density at radius 2 is 2.12 bits per heavy atom. The van der Waals surface area contributed by atoms with E-state index in [9.17, 15) is 8.42 Å². The lowest BCUT2D eigenvalue weighted by Crippen LogP contribution is -2.49. The van der Waals surface area contributed by atoms with Crippen LogP contribution in [-0.4, -0.2) is 69.6 Å². The van der Waals surface area contributed by atoms with Crippen molar-refractivity contribution < 1.29 is 18.3 Å². The van der Waals surface area contributed by atoms with Crippen molar-refractivity contribution in [3.8, 4) is 27.8 Å². The first kappa shape index (κ1) is 21.5. The van der Waals surface area contributed by atoms with Gasteiger partial charge in [-0.05, 0) is 31.5 Å². The van der Waals surface area contributed by atoms with Gasteiger partial charge >= 0.3 is 0 Å². The number of hydrogen-bond donors (Lipinski definition) is 1. The van der Waals surface area contributed by atoms with Crippen LogP contribution in [0.4, 0.5) is 0 Å². The number of rotatable bonds is 6. The zero-order valence-corrected chi connectivity index (χ0v) is 19.6. The van der Waals surface area contributed by atoms with Gasteiger partial charge in [-0.15, -0.1) is 11.3 Å². The van der Waals surface area contributed by atoms with Gasteiger partial charge in [0.05, 0.1) is 24.7 Å². The number of nitrogens with zero attached hydrogens (tertiary/aromatic N) is 5. The Balaban J connectivity index is 1.42. The van der Waals surface area contributed by atoms with Gasteiger partial charge in [-0.2, -0.15) is 5.10 Å². The van der Waals surface area contributed by atoms with Crippen LogP contribution in [0.5, 0.6) is 5.75 Å². The summed E-state index contributed by atoms with van der Waals surface area (Å²) in [4.78, 5) is 10.5. The molecule has 170 valence electrons. The number of sulfonamides is 1. The molecule has 0 spiro atoms. The molecule has 0 bridgehead atoms. The van der Waals surface area contributed by atoms with Crippen molar-refractivity contribution in [2.75, 3.05) is 32.1 Å². The molecule has 1 fully saturated rings. The molecule has 9 nitrogen and oxygen atoms in total. The van der Waals surface area contributed by atoms with E-state index in [0.29, 0.717) is 19.7 Å². The fourth-order valence-electron chi connectivity index (χ4n) is 4.09. The van der Waals surface area contributed by atoms with Crippen LogP contribution >= 0.6 is 11.3 Å². The lowest BCUT2D eigenvalue weighted by atomic mass is 9.92. The van der Waals surface area contributed by atoms with Crippen molar-refractivity contribution in [3.63, 3.8) is 0 Å². The first-order chi connectivity index (χ1) is 15.4. The van der Waals surface area contributed by atoms with Crippen molar-refractivity contribution in [2.24, 2.45) is 0 Å². The molecule has 0 amide bonds. The molecule has 1 aromatic carbocycles. The van der Waals surface area contributed by atoms with E-state index < -0.39 is 10.0 Å². The molecule has 0 saturated carbocycles. The maximum atomic E-state index is 12.1. The Kier molecular flexibility index (Phi) is 5.52. The maximum absolute atomic E-state index is 12.1. The number of aliphatic hydroxyl groups is 1. The number of aliphatic hydroxyl groups excluding tert-OH is 1. The molecule has 2 aliphatic heterocycles. The number of fused-ring (bicyclic) bond motifs is 3. The average Bonchev–Trinajstić information content (AvgIpc) is 3.31. The van der Waals surface area contributed by atoms with Gasteiger partial charge in [0, 0.05) is 41.9 Å². The van der Waals surface area contributed by atoms with E-state index in [4.69, 9.17) is 14.8 Å². The highest BCUT2D eigenvalue weighted by molar-refractivity contribution is 7.89. The van der Waals surface area contributed by atoms with Crippen LogP contribution < -0.4 is 4.74 Å². The molecule has 0 radical (unpaired) electrons. The van der Waals surface area contributed by atoms with E-state index >= 15 is 0 Å². The number of benzene rings is 1. The van der Waals surface area contributed by atoms with Gasteiger partial charge in [-0.1, -0.05) is 6.07 Å². The molecule has 3 aromatic rings. The third-order valence-electron chi connectivity index (χ3n) is 5.86. The number of thiazole rings is 1. The Hall–Kier alpha value is -2.34. The second-order valence-corrected chi connectivity index (χ2v) is 11.5. The minimum absolute atomic E-state index is 0.121. The predicted molar refractivity (Wildman–Crippen MR) is 121 cm³/mol. The van der Waals surface area contributed by atoms with Crippen LogP contribution in [0, 0.1) is 0 Å². The van der Waals surface area contributed by atoms with Crippen molar-refractivity contribution >= 4 is 21.4 Å². The summed E-state index contributed by atoms with van der Waals surface area (Å²) in [6.07, 6.45) is 2.33. The van der Waals surface area contributed by atoms with Gasteiger partial charge in [-0.25, -0.2) is 27.4 Å². The summed E-state index contributed by atoms with van der Waals surface area (Å²) in [6, 6.07) is 6.27. The SMILES string of the molecule is CC(C)n1ncnc1-c1nc2c(s1)CCOc1cc(C3CN(S(=O)(=O)CCO)C3)ccc1-2. The zero-order valence-electron chi connectivity index (χ0n) is 17.9. The van der Waals surface area contributed by atoms with Gasteiger partial charge in [0.15, 0.2) is 10.8 Å². The zero-order chi connectivity index (χ0) is 22.5. The lowest BCUT2D eigenvalue weighted by molar-refractivity contribution is 0.256. The van der Waals surface area contributed by atoms with Gasteiger partial charge in [0.1, 0.15) is 12.1 Å². The van der Waals surface area contributed by atoms with Crippen molar-refractivity contribution in [1.82, 2.24) is 24.1 Å². The first-order valence-electron chi connectivity index (χ1n) is 10.6. The summed E-state index contributed by atoms with van der Waals surface area (Å²) in [7, 11) is -3.38. The number of hydrogen-bond acceptors (Lipinski definition) is 8. The normalized spacial score (nSPS) is 16.9. The maximum Gasteiger partial charge on any atom is 0.216 e. The monoisotopic (exact) mass is 475 g/mol. The molecular formula is C21H25N5O4S2. The van der Waals surface area contributed by atoms with Crippen molar-refractivity contribution in [1.29, 1.82) is 0 Å². The molecule has 5 rings (SSSR count). The van der Waals surface area contributed by atoms with Crippen molar-refractivity contribution in [3.05, 3.63) is 35.0 Å². The molecule has 0 aliphatic carbocycles. The highest BCUT2D eigenvalue weighted by atomic mass is 32.2. The van der Waals surface area contributed by atoms with E-state index in [1.165, 1.54) is 4.31 Å². The van der Waals surface area contributed by atoms with Crippen LogP contribution in [0.1, 0.15) is 36.2 Å². The topological polar surface area (TPSA) is 110 Å². The summed E-state index contributed by atoms with van der Waals surface area (Å²) in [6.45, 7) is 5.19. The summed E-state index contributed by atoms with van der Waals surface area (Å²) < 4.78 is 33.5. The minimum atomic E-state index is -3.38. The van der Waals surface area contributed by atoms with E-state index in [1.807, 2.05) is 22.9 Å². The second-order valence-electron chi connectivity index (χ2n) is 8.32. The molecule has 32 heavy (non-hydrogen) atoms. The minimum Gasteiger partial charge on any atom is -0.492 e. The Labute approximate surface area is 190 Å². The Morgan fingerprint density at radius 1 is 1.31 bits per heavy atom. The fraction of sp³-hybridized carbons (Fsp3) is 0.476. The average molecular weight is 476 g/mol. The highest BCUT2D eigenvalue weighted by Crippen LogP contribution is 2.42. The summed E-state index contributed by atoms with van der Waals surface area (Å²) in [5.41, 5.74) is 2.92. The third-order valence-corrected chi connectivity index (χ3v) is 8.75. The summed E-state index contributed by atoms with van der Waals surface area (Å²) >= 11 is 1.63.